The molecule has 0 spiro atoms. The highest BCUT2D eigenvalue weighted by molar-refractivity contribution is 14.1. The summed E-state index contributed by atoms with van der Waals surface area (Å²) in [5, 5.41) is 13.9. The van der Waals surface area contributed by atoms with E-state index < -0.39 is 0 Å². The van der Waals surface area contributed by atoms with Gasteiger partial charge in [0.2, 0.25) is 0 Å². The standard InChI is InChI=1S/C7H2INS2/c8-5-3-11-7-6(5)4(1-9)2-10-7/h2-3H. The maximum atomic E-state index is 8.73. The van der Waals surface area contributed by atoms with Gasteiger partial charge in [-0.1, -0.05) is 0 Å². The summed E-state index contributed by atoms with van der Waals surface area (Å²) in [7, 11) is 0. The average Bonchev–Trinajstić information content (AvgIpc) is 2.54. The third kappa shape index (κ3) is 1.08. The van der Waals surface area contributed by atoms with Gasteiger partial charge in [0, 0.05) is 19.7 Å². The number of rotatable bonds is 0. The number of fused-ring (bicyclic) bond motifs is 1. The van der Waals surface area contributed by atoms with E-state index in [-0.39, 0.29) is 0 Å². The minimum Gasteiger partial charge on any atom is -0.192 e. The van der Waals surface area contributed by atoms with Crippen molar-refractivity contribution in [1.29, 1.82) is 5.26 Å². The molecule has 2 aromatic rings. The fourth-order valence-electron chi connectivity index (χ4n) is 0.900. The zero-order valence-electron chi connectivity index (χ0n) is 5.30. The molecule has 11 heavy (non-hydrogen) atoms. The molecule has 0 bridgehead atoms. The number of halogens is 1. The van der Waals surface area contributed by atoms with Crippen molar-refractivity contribution in [2.24, 2.45) is 0 Å². The Hall–Kier alpha value is -0.120. The van der Waals surface area contributed by atoms with E-state index in [0.717, 1.165) is 10.9 Å². The Labute approximate surface area is 85.4 Å². The van der Waals surface area contributed by atoms with Crippen LogP contribution >= 0.6 is 45.3 Å². The minimum atomic E-state index is 0.815. The Bertz CT molecular complexity index is 435. The van der Waals surface area contributed by atoms with Crippen molar-refractivity contribution < 1.29 is 0 Å². The molecule has 0 aliphatic rings. The molecule has 0 radical (unpaired) electrons. The summed E-state index contributed by atoms with van der Waals surface area (Å²) in [5.41, 5.74) is 0.815. The first-order valence-corrected chi connectivity index (χ1v) is 5.71. The minimum absolute atomic E-state index is 0.815. The summed E-state index contributed by atoms with van der Waals surface area (Å²) in [4.78, 5) is 0. The normalized spacial score (nSPS) is 10.2. The summed E-state index contributed by atoms with van der Waals surface area (Å²) in [5.74, 6) is 0. The molecule has 0 aliphatic carbocycles. The van der Waals surface area contributed by atoms with Crippen molar-refractivity contribution in [2.45, 2.75) is 0 Å². The molecule has 4 heteroatoms. The molecule has 0 aromatic carbocycles. The molecular weight excluding hydrogens is 289 g/mol. The molecule has 2 rings (SSSR count). The Balaban J connectivity index is 2.94. The number of hydrogen-bond donors (Lipinski definition) is 0. The van der Waals surface area contributed by atoms with Gasteiger partial charge in [0.25, 0.3) is 0 Å². The second-order valence-corrected chi connectivity index (χ2v) is 5.19. The van der Waals surface area contributed by atoms with Crippen LogP contribution in [0.2, 0.25) is 0 Å². The fraction of sp³-hybridized carbons (Fsp3) is 0. The van der Waals surface area contributed by atoms with Crippen LogP contribution in [0.1, 0.15) is 5.56 Å². The van der Waals surface area contributed by atoms with E-state index in [1.54, 1.807) is 22.7 Å². The highest BCUT2D eigenvalue weighted by Crippen LogP contribution is 2.34. The number of hydrogen-bond acceptors (Lipinski definition) is 3. The summed E-state index contributed by atoms with van der Waals surface area (Å²) >= 11 is 5.63. The summed E-state index contributed by atoms with van der Waals surface area (Å²) in [6, 6.07) is 2.19. The highest BCUT2D eigenvalue weighted by Gasteiger charge is 2.07. The summed E-state index contributed by atoms with van der Waals surface area (Å²) < 4.78 is 2.45. The monoisotopic (exact) mass is 291 g/mol. The van der Waals surface area contributed by atoms with Crippen molar-refractivity contribution >= 4 is 54.7 Å². The van der Waals surface area contributed by atoms with Gasteiger partial charge in [-0.25, -0.2) is 0 Å². The summed E-state index contributed by atoms with van der Waals surface area (Å²) in [6.07, 6.45) is 0. The first-order chi connectivity index (χ1) is 5.33. The molecule has 2 heterocycles. The molecule has 2 aromatic heterocycles. The molecular formula is C7H2INS2. The summed E-state index contributed by atoms with van der Waals surface area (Å²) in [6.45, 7) is 0. The largest absolute Gasteiger partial charge is 0.192 e. The van der Waals surface area contributed by atoms with Gasteiger partial charge >= 0.3 is 0 Å². The van der Waals surface area contributed by atoms with Crippen LogP contribution in [0.5, 0.6) is 0 Å². The van der Waals surface area contributed by atoms with E-state index in [9.17, 15) is 0 Å². The fourth-order valence-corrected chi connectivity index (χ4v) is 4.12. The van der Waals surface area contributed by atoms with Crippen molar-refractivity contribution in [2.75, 3.05) is 0 Å². The van der Waals surface area contributed by atoms with Crippen LogP contribution < -0.4 is 0 Å². The van der Waals surface area contributed by atoms with Crippen LogP contribution in [0, 0.1) is 14.9 Å². The molecule has 54 valence electrons. The lowest BCUT2D eigenvalue weighted by Gasteiger charge is -1.80. The Morgan fingerprint density at radius 2 is 2.09 bits per heavy atom. The Morgan fingerprint density at radius 3 is 2.82 bits per heavy atom. The van der Waals surface area contributed by atoms with Gasteiger partial charge in [-0.3, -0.25) is 0 Å². The second kappa shape index (κ2) is 2.73. The second-order valence-electron chi connectivity index (χ2n) is 2.01. The lowest BCUT2D eigenvalue weighted by atomic mass is 10.3. The Morgan fingerprint density at radius 1 is 1.36 bits per heavy atom. The molecule has 0 aliphatic heterocycles. The van der Waals surface area contributed by atoms with E-state index in [1.807, 2.05) is 5.38 Å². The van der Waals surface area contributed by atoms with Gasteiger partial charge in [0.05, 0.1) is 9.58 Å². The van der Waals surface area contributed by atoms with E-state index in [1.165, 1.54) is 7.58 Å². The lowest BCUT2D eigenvalue weighted by Crippen LogP contribution is -1.66. The topological polar surface area (TPSA) is 23.8 Å². The molecule has 0 fully saturated rings. The van der Waals surface area contributed by atoms with Crippen molar-refractivity contribution in [1.82, 2.24) is 0 Å². The molecule has 0 saturated heterocycles. The lowest BCUT2D eigenvalue weighted by molar-refractivity contribution is 1.52. The smallest absolute Gasteiger partial charge is 0.101 e. The van der Waals surface area contributed by atoms with Crippen molar-refractivity contribution in [3.05, 3.63) is 19.9 Å². The first-order valence-electron chi connectivity index (χ1n) is 2.87. The zero-order chi connectivity index (χ0) is 7.84. The average molecular weight is 291 g/mol. The number of nitriles is 1. The van der Waals surface area contributed by atoms with Gasteiger partial charge in [0.15, 0.2) is 0 Å². The third-order valence-electron chi connectivity index (χ3n) is 1.39. The van der Waals surface area contributed by atoms with Crippen molar-refractivity contribution in [3.63, 3.8) is 0 Å². The van der Waals surface area contributed by atoms with E-state index >= 15 is 0 Å². The molecule has 0 amide bonds. The predicted molar refractivity (Wildman–Crippen MR) is 57.1 cm³/mol. The molecule has 0 unspecified atom stereocenters. The first kappa shape index (κ1) is 7.53. The quantitative estimate of drug-likeness (QED) is 0.682. The molecule has 0 atom stereocenters. The third-order valence-corrected chi connectivity index (χ3v) is 4.78. The van der Waals surface area contributed by atoms with Crippen LogP contribution in [0.4, 0.5) is 0 Å². The highest BCUT2D eigenvalue weighted by atomic mass is 127. The van der Waals surface area contributed by atoms with Gasteiger partial charge in [-0.05, 0) is 22.6 Å². The predicted octanol–water partition coefficient (Wildman–Crippen LogP) is 3.44. The molecule has 1 nitrogen and oxygen atoms in total. The van der Waals surface area contributed by atoms with Crippen LogP contribution in [-0.2, 0) is 0 Å². The van der Waals surface area contributed by atoms with Gasteiger partial charge in [0.1, 0.15) is 6.07 Å². The zero-order valence-corrected chi connectivity index (χ0v) is 9.09. The SMILES string of the molecule is N#Cc1csc2scc(I)c12. The van der Waals surface area contributed by atoms with Crippen LogP contribution in [-0.4, -0.2) is 0 Å². The maximum absolute atomic E-state index is 8.73. The van der Waals surface area contributed by atoms with E-state index in [4.69, 9.17) is 5.26 Å². The van der Waals surface area contributed by atoms with Crippen LogP contribution in [0.3, 0.4) is 0 Å². The Kier molecular flexibility index (Phi) is 1.87. The van der Waals surface area contributed by atoms with E-state index in [2.05, 4.69) is 34.0 Å². The van der Waals surface area contributed by atoms with Crippen molar-refractivity contribution in [3.8, 4) is 6.07 Å². The molecule has 0 saturated carbocycles. The van der Waals surface area contributed by atoms with Gasteiger partial charge in [-0.2, -0.15) is 5.26 Å². The molecule has 0 N–H and O–H groups in total. The van der Waals surface area contributed by atoms with Gasteiger partial charge < -0.3 is 0 Å². The number of thiophene rings is 2. The van der Waals surface area contributed by atoms with Gasteiger partial charge in [-0.15, -0.1) is 22.7 Å². The maximum Gasteiger partial charge on any atom is 0.101 e. The van der Waals surface area contributed by atoms with Crippen LogP contribution in [0.25, 0.3) is 9.40 Å². The van der Waals surface area contributed by atoms with Crippen LogP contribution in [0.15, 0.2) is 10.8 Å². The van der Waals surface area contributed by atoms with E-state index in [0.29, 0.717) is 0 Å². The number of nitrogens with zero attached hydrogens (tertiary/aromatic N) is 1.